The van der Waals surface area contributed by atoms with Crippen LogP contribution in [0.5, 0.6) is 11.8 Å². The van der Waals surface area contributed by atoms with E-state index < -0.39 is 5.82 Å². The van der Waals surface area contributed by atoms with Crippen molar-refractivity contribution in [1.82, 2.24) is 25.3 Å². The third kappa shape index (κ3) is 5.23. The second-order valence-corrected chi connectivity index (χ2v) is 10.5. The number of thiophene rings is 1. The topological polar surface area (TPSA) is 119 Å². The highest BCUT2D eigenvalue weighted by molar-refractivity contribution is 7.23. The Morgan fingerprint density at radius 2 is 1.93 bits per heavy atom. The SMILES string of the molecule is C=CC(=O)NCc1ccc(-c2sc3c(-c4cc[nH]c4)cnc(N)c3c2-c2ccc(Oc3nccc(C)n3)c(F)c2)cc1. The zero-order valence-electron chi connectivity index (χ0n) is 22.5. The number of halogens is 1. The fraction of sp³-hybridized carbons (Fsp3) is 0.0625. The van der Waals surface area contributed by atoms with Crippen molar-refractivity contribution in [3.63, 3.8) is 0 Å². The number of carbonyl (C=O) groups excluding carboxylic acids is 1. The lowest BCUT2D eigenvalue weighted by atomic mass is 9.97. The Morgan fingerprint density at radius 1 is 1.12 bits per heavy atom. The highest BCUT2D eigenvalue weighted by Gasteiger charge is 2.23. The number of rotatable bonds is 8. The molecule has 0 fully saturated rings. The van der Waals surface area contributed by atoms with Crippen molar-refractivity contribution in [2.75, 3.05) is 5.73 Å². The first kappa shape index (κ1) is 26.9. The highest BCUT2D eigenvalue weighted by Crippen LogP contribution is 2.49. The number of benzene rings is 2. The van der Waals surface area contributed by atoms with Gasteiger partial charge in [0.25, 0.3) is 0 Å². The molecule has 0 radical (unpaired) electrons. The number of carbonyl (C=O) groups is 1. The molecule has 0 aliphatic rings. The van der Waals surface area contributed by atoms with Crippen molar-refractivity contribution in [2.24, 2.45) is 0 Å². The van der Waals surface area contributed by atoms with Gasteiger partial charge in [-0.1, -0.05) is 36.9 Å². The number of fused-ring (bicyclic) bond motifs is 1. The smallest absolute Gasteiger partial charge is 0.322 e. The van der Waals surface area contributed by atoms with E-state index in [1.54, 1.807) is 48.9 Å². The number of pyridine rings is 1. The van der Waals surface area contributed by atoms with Crippen LogP contribution in [0, 0.1) is 12.7 Å². The number of anilines is 1. The molecule has 2 aromatic carbocycles. The normalized spacial score (nSPS) is 11.0. The number of aromatic nitrogens is 4. The van der Waals surface area contributed by atoms with Crippen LogP contribution in [0.2, 0.25) is 0 Å². The van der Waals surface area contributed by atoms with Gasteiger partial charge in [-0.05, 0) is 54.0 Å². The first-order valence-electron chi connectivity index (χ1n) is 13.0. The van der Waals surface area contributed by atoms with Gasteiger partial charge in [0.05, 0.1) is 0 Å². The van der Waals surface area contributed by atoms with Gasteiger partial charge in [0.2, 0.25) is 5.91 Å². The lowest BCUT2D eigenvalue weighted by Crippen LogP contribution is -2.19. The zero-order valence-corrected chi connectivity index (χ0v) is 23.3. The number of nitrogens with zero attached hydrogens (tertiary/aromatic N) is 3. The molecule has 0 spiro atoms. The van der Waals surface area contributed by atoms with Crippen molar-refractivity contribution in [2.45, 2.75) is 13.5 Å². The first-order valence-corrected chi connectivity index (χ1v) is 13.8. The van der Waals surface area contributed by atoms with Gasteiger partial charge in [-0.15, -0.1) is 11.3 Å². The Hall–Kier alpha value is -5.35. The van der Waals surface area contributed by atoms with Crippen molar-refractivity contribution in [3.05, 3.63) is 109 Å². The highest BCUT2D eigenvalue weighted by atomic mass is 32.1. The van der Waals surface area contributed by atoms with Crippen LogP contribution >= 0.6 is 11.3 Å². The molecule has 6 rings (SSSR count). The Balaban J connectivity index is 1.48. The Bertz CT molecular complexity index is 1930. The summed E-state index contributed by atoms with van der Waals surface area (Å²) in [7, 11) is 0. The quantitative estimate of drug-likeness (QED) is 0.167. The molecule has 208 valence electrons. The summed E-state index contributed by atoms with van der Waals surface area (Å²) in [6.07, 6.45) is 8.31. The molecule has 0 saturated heterocycles. The van der Waals surface area contributed by atoms with Crippen LogP contribution in [0.1, 0.15) is 11.3 Å². The van der Waals surface area contributed by atoms with E-state index in [1.807, 2.05) is 42.7 Å². The molecule has 0 aliphatic carbocycles. The maximum absolute atomic E-state index is 15.5. The summed E-state index contributed by atoms with van der Waals surface area (Å²) in [6, 6.07) is 16.4. The Labute approximate surface area is 244 Å². The number of nitrogens with one attached hydrogen (secondary N) is 2. The molecule has 6 aromatic rings. The summed E-state index contributed by atoms with van der Waals surface area (Å²) in [5.41, 5.74) is 12.3. The number of nitrogen functional groups attached to an aromatic ring is 1. The fourth-order valence-electron chi connectivity index (χ4n) is 4.65. The summed E-state index contributed by atoms with van der Waals surface area (Å²) in [4.78, 5) is 28.4. The Kier molecular flexibility index (Phi) is 7.20. The monoisotopic (exact) mass is 576 g/mol. The lowest BCUT2D eigenvalue weighted by molar-refractivity contribution is -0.116. The zero-order chi connectivity index (χ0) is 29.2. The van der Waals surface area contributed by atoms with Crippen molar-refractivity contribution >= 4 is 33.1 Å². The molecule has 4 aromatic heterocycles. The van der Waals surface area contributed by atoms with Crippen LogP contribution in [0.15, 0.2) is 92.0 Å². The van der Waals surface area contributed by atoms with Gasteiger partial charge in [0.15, 0.2) is 11.6 Å². The number of H-pyrrole nitrogens is 1. The molecular formula is C32H25FN6O2S. The van der Waals surface area contributed by atoms with Crippen LogP contribution in [-0.4, -0.2) is 25.8 Å². The maximum atomic E-state index is 15.5. The number of ether oxygens (including phenoxy) is 1. The van der Waals surface area contributed by atoms with E-state index in [4.69, 9.17) is 10.5 Å². The number of aryl methyl sites for hydroxylation is 1. The average molecular weight is 577 g/mol. The van der Waals surface area contributed by atoms with E-state index in [9.17, 15) is 4.79 Å². The second-order valence-electron chi connectivity index (χ2n) is 9.51. The molecule has 0 bridgehead atoms. The van der Waals surface area contributed by atoms with Gasteiger partial charge in [-0.25, -0.2) is 19.3 Å². The van der Waals surface area contributed by atoms with Crippen molar-refractivity contribution in [3.8, 4) is 44.5 Å². The van der Waals surface area contributed by atoms with E-state index in [1.165, 1.54) is 12.1 Å². The van der Waals surface area contributed by atoms with Crippen LogP contribution in [0.4, 0.5) is 10.2 Å². The minimum Gasteiger partial charge on any atom is -0.421 e. The number of aromatic amines is 1. The van der Waals surface area contributed by atoms with Crippen molar-refractivity contribution in [1.29, 1.82) is 0 Å². The molecular weight excluding hydrogens is 551 g/mol. The first-order chi connectivity index (χ1) is 20.4. The van der Waals surface area contributed by atoms with Crippen LogP contribution < -0.4 is 15.8 Å². The molecule has 1 amide bonds. The number of amides is 1. The minimum absolute atomic E-state index is 0.00969. The summed E-state index contributed by atoms with van der Waals surface area (Å²) < 4.78 is 22.1. The summed E-state index contributed by atoms with van der Waals surface area (Å²) in [5, 5.41) is 3.53. The largest absolute Gasteiger partial charge is 0.421 e. The fourth-order valence-corrected chi connectivity index (χ4v) is 6.02. The molecule has 0 saturated carbocycles. The minimum atomic E-state index is -0.565. The molecule has 4 N–H and O–H groups in total. The van der Waals surface area contributed by atoms with E-state index in [0.29, 0.717) is 23.6 Å². The predicted molar refractivity (Wildman–Crippen MR) is 164 cm³/mol. The van der Waals surface area contributed by atoms with E-state index in [2.05, 4.69) is 31.8 Å². The van der Waals surface area contributed by atoms with Gasteiger partial charge in [-0.3, -0.25) is 4.79 Å². The summed E-state index contributed by atoms with van der Waals surface area (Å²) in [6.45, 7) is 5.66. The van der Waals surface area contributed by atoms with Gasteiger partial charge in [0, 0.05) is 68.7 Å². The number of nitrogens with two attached hydrogens (primary N) is 1. The number of hydrogen-bond acceptors (Lipinski definition) is 7. The predicted octanol–water partition coefficient (Wildman–Crippen LogP) is 7.04. The van der Waals surface area contributed by atoms with Gasteiger partial charge in [0.1, 0.15) is 5.82 Å². The molecule has 0 unspecified atom stereocenters. The van der Waals surface area contributed by atoms with Gasteiger partial charge < -0.3 is 20.8 Å². The molecule has 0 aliphatic heterocycles. The molecule has 4 heterocycles. The summed E-state index contributed by atoms with van der Waals surface area (Å²) in [5.74, 6) is -0.450. The third-order valence-corrected chi connectivity index (χ3v) is 7.99. The van der Waals surface area contributed by atoms with Gasteiger partial charge in [-0.2, -0.15) is 0 Å². The van der Waals surface area contributed by atoms with E-state index >= 15 is 4.39 Å². The maximum Gasteiger partial charge on any atom is 0.322 e. The molecule has 42 heavy (non-hydrogen) atoms. The lowest BCUT2D eigenvalue weighted by Gasteiger charge is -2.11. The standard InChI is InChI=1S/C32H25FN6O2S/c1-3-26(40)37-15-19-4-6-20(7-5-19)29-27(28-30(42-29)23(17-38-31(28)34)22-11-12-35-16-22)21-8-9-25(24(33)14-21)41-32-36-13-10-18(2)39-32/h3-14,16-17,35H,1,15H2,2H3,(H2,34,38)(H,37,40). The number of hydrogen-bond donors (Lipinski definition) is 3. The van der Waals surface area contributed by atoms with Gasteiger partial charge >= 0.3 is 6.01 Å². The summed E-state index contributed by atoms with van der Waals surface area (Å²) >= 11 is 1.56. The molecule has 10 heteroatoms. The van der Waals surface area contributed by atoms with Crippen LogP contribution in [-0.2, 0) is 11.3 Å². The molecule has 8 nitrogen and oxygen atoms in total. The van der Waals surface area contributed by atoms with Crippen molar-refractivity contribution < 1.29 is 13.9 Å². The van der Waals surface area contributed by atoms with Crippen LogP contribution in [0.25, 0.3) is 42.8 Å². The van der Waals surface area contributed by atoms with E-state index in [-0.39, 0.29) is 17.7 Å². The third-order valence-electron chi connectivity index (χ3n) is 6.71. The Morgan fingerprint density at radius 3 is 2.64 bits per heavy atom. The van der Waals surface area contributed by atoms with E-state index in [0.717, 1.165) is 42.8 Å². The average Bonchev–Trinajstić information content (AvgIpc) is 3.67. The molecule has 0 atom stereocenters. The van der Waals surface area contributed by atoms with Crippen LogP contribution in [0.3, 0.4) is 0 Å². The second kappa shape index (κ2) is 11.3.